The van der Waals surface area contributed by atoms with E-state index in [4.69, 9.17) is 17.2 Å². The molecule has 0 aliphatic carbocycles. The SMILES string of the molecule is CC[C@H](C)[C@@H]1NC(=O)[C@H](CC(=O)[O-])NC(=O)[C@H](CCSC)NC(=O)[C@@H]2CCCN2C(=O)[C@@H](NC(=O)[C@H](CCC[NH+]=C(N)N)NC(=O)[C@H](CO)NC(C)=O)CSSC[C@@H](C(N)=O)NC(=O)[C@H](CCC(=O)O)NC(=O)CNC(=O)[C@H](C)NC1=O. The van der Waals surface area contributed by atoms with Crippen LogP contribution in [0.5, 0.6) is 0 Å². The lowest BCUT2D eigenvalue weighted by Gasteiger charge is -2.31. The molecule has 2 aliphatic heterocycles. The third-order valence-electron chi connectivity index (χ3n) is 12.7. The van der Waals surface area contributed by atoms with Crippen LogP contribution in [0.1, 0.15) is 85.5 Å². The van der Waals surface area contributed by atoms with Crippen molar-refractivity contribution in [3.8, 4) is 0 Å². The Bertz CT molecular complexity index is 2350. The van der Waals surface area contributed by atoms with Gasteiger partial charge in [0.2, 0.25) is 70.9 Å². The fraction of sp³-hybridized carbons (Fsp3) is 0.681. The van der Waals surface area contributed by atoms with Crippen molar-refractivity contribution in [2.24, 2.45) is 23.1 Å². The van der Waals surface area contributed by atoms with E-state index in [9.17, 15) is 82.4 Å². The van der Waals surface area contributed by atoms with Crippen molar-refractivity contribution in [3.05, 3.63) is 0 Å². The van der Waals surface area contributed by atoms with Crippen molar-refractivity contribution in [3.63, 3.8) is 0 Å². The minimum Gasteiger partial charge on any atom is -0.550 e. The summed E-state index contributed by atoms with van der Waals surface area (Å²) in [5, 5.41) is 55.3. The molecule has 0 aromatic rings. The van der Waals surface area contributed by atoms with Crippen LogP contribution >= 0.6 is 33.3 Å². The molecule has 2 heterocycles. The average Bonchev–Trinajstić information content (AvgIpc) is 3.91. The fourth-order valence-electron chi connectivity index (χ4n) is 8.02. The molecule has 19 N–H and O–H groups in total. The van der Waals surface area contributed by atoms with Gasteiger partial charge in [-0.25, -0.2) is 0 Å². The Morgan fingerprint density at radius 2 is 1.45 bits per heavy atom. The first kappa shape index (κ1) is 71.0. The smallest absolute Gasteiger partial charge is 0.338 e. The average molecular weight is 1220 g/mol. The summed E-state index contributed by atoms with van der Waals surface area (Å²) in [5.74, 6) is -16.0. The van der Waals surface area contributed by atoms with E-state index < -0.39 is 182 Å². The van der Waals surface area contributed by atoms with Gasteiger partial charge in [0.15, 0.2) is 0 Å². The monoisotopic (exact) mass is 1220 g/mol. The first-order chi connectivity index (χ1) is 38.6. The number of carboxylic acids is 2. The Kier molecular flexibility index (Phi) is 31.5. The molecular weight excluding hydrogens is 1140 g/mol. The van der Waals surface area contributed by atoms with Gasteiger partial charge in [-0.15, -0.1) is 0 Å². The van der Waals surface area contributed by atoms with Crippen molar-refractivity contribution < 1.29 is 87.4 Å². The van der Waals surface area contributed by atoms with Crippen molar-refractivity contribution >= 4 is 122 Å². The molecule has 2 aliphatic rings. The van der Waals surface area contributed by atoms with Crippen LogP contribution in [0.15, 0.2) is 0 Å². The molecule has 2 saturated heterocycles. The van der Waals surface area contributed by atoms with Gasteiger partial charge in [-0.2, -0.15) is 11.8 Å². The number of aliphatic carboxylic acids is 2. The molecule has 0 saturated carbocycles. The van der Waals surface area contributed by atoms with Gasteiger partial charge < -0.3 is 83.9 Å². The van der Waals surface area contributed by atoms with Gasteiger partial charge in [-0.1, -0.05) is 41.9 Å². The van der Waals surface area contributed by atoms with E-state index in [1.165, 1.54) is 18.7 Å². The lowest BCUT2D eigenvalue weighted by molar-refractivity contribution is -0.459. The summed E-state index contributed by atoms with van der Waals surface area (Å²) in [6, 6.07) is -15.2. The van der Waals surface area contributed by atoms with Crippen molar-refractivity contribution in [1.82, 2.24) is 58.1 Å². The molecule has 0 bridgehead atoms. The molecular formula is C47H77N15O17S3. The zero-order chi connectivity index (χ0) is 61.8. The Morgan fingerprint density at radius 3 is 2.05 bits per heavy atom. The molecule has 460 valence electrons. The lowest BCUT2D eigenvalue weighted by atomic mass is 9.97. The van der Waals surface area contributed by atoms with Gasteiger partial charge in [-0.05, 0) is 63.4 Å². The van der Waals surface area contributed by atoms with Gasteiger partial charge >= 0.3 is 11.9 Å². The molecule has 0 radical (unpaired) electrons. The fourth-order valence-corrected chi connectivity index (χ4v) is 10.8. The Morgan fingerprint density at radius 1 is 0.817 bits per heavy atom. The lowest BCUT2D eigenvalue weighted by Crippen LogP contribution is -2.78. The number of primary amides is 1. The highest BCUT2D eigenvalue weighted by Crippen LogP contribution is 2.26. The van der Waals surface area contributed by atoms with Gasteiger partial charge in [0.1, 0.15) is 60.4 Å². The summed E-state index contributed by atoms with van der Waals surface area (Å²) in [6.45, 7) is 3.87. The molecule has 0 unspecified atom stereocenters. The summed E-state index contributed by atoms with van der Waals surface area (Å²) in [5.41, 5.74) is 16.7. The minimum atomic E-state index is -1.90. The summed E-state index contributed by atoms with van der Waals surface area (Å²) in [6.07, 6.45) is -0.194. The summed E-state index contributed by atoms with van der Waals surface area (Å²) in [4.78, 5) is 190. The van der Waals surface area contributed by atoms with Gasteiger partial charge in [0.05, 0.1) is 19.7 Å². The normalized spacial score (nSPS) is 24.4. The number of carbonyl (C=O) groups is 14. The van der Waals surface area contributed by atoms with Crippen molar-refractivity contribution in [1.29, 1.82) is 0 Å². The summed E-state index contributed by atoms with van der Waals surface area (Å²) in [7, 11) is 1.73. The van der Waals surface area contributed by atoms with E-state index >= 15 is 0 Å². The largest absolute Gasteiger partial charge is 0.550 e. The Balaban J connectivity index is 2.76. The number of aliphatic hydroxyl groups excluding tert-OH is 1. The van der Waals surface area contributed by atoms with E-state index in [2.05, 4.69) is 58.2 Å². The number of aliphatic hydroxyl groups is 1. The van der Waals surface area contributed by atoms with Crippen LogP contribution in [0.2, 0.25) is 0 Å². The number of nitrogens with zero attached hydrogens (tertiary/aromatic N) is 1. The molecule has 12 amide bonds. The topological polar surface area (TPSA) is 518 Å². The van der Waals surface area contributed by atoms with Crippen LogP contribution in [-0.4, -0.2) is 214 Å². The predicted molar refractivity (Wildman–Crippen MR) is 295 cm³/mol. The number of thioether (sulfide) groups is 1. The molecule has 82 heavy (non-hydrogen) atoms. The molecule has 2 fully saturated rings. The highest BCUT2D eigenvalue weighted by Gasteiger charge is 2.41. The van der Waals surface area contributed by atoms with Gasteiger partial charge in [0, 0.05) is 43.8 Å². The highest BCUT2D eigenvalue weighted by atomic mass is 33.1. The molecule has 0 aromatic carbocycles. The third-order valence-corrected chi connectivity index (χ3v) is 15.8. The number of hydrogen-bond acceptors (Lipinski definition) is 19. The number of guanidine groups is 1. The van der Waals surface area contributed by atoms with E-state index in [-0.39, 0.29) is 74.8 Å². The second-order valence-electron chi connectivity index (χ2n) is 19.2. The van der Waals surface area contributed by atoms with Crippen LogP contribution < -0.4 is 80.5 Å². The van der Waals surface area contributed by atoms with Crippen molar-refractivity contribution in [2.45, 2.75) is 146 Å². The maximum atomic E-state index is 14.8. The first-order valence-corrected chi connectivity index (χ1v) is 30.0. The van der Waals surface area contributed by atoms with Crippen molar-refractivity contribution in [2.75, 3.05) is 49.8 Å². The summed E-state index contributed by atoms with van der Waals surface area (Å²) >= 11 is 1.27. The standard InChI is InChI=1S/C47H77N15O17S3/c1-6-22(2)36-45(78)53-23(3)38(71)52-18-33(65)55-26(11-12-34(66)67)40(73)59-30(37(48)70)20-81-82-21-31(60-39(72)25(9-7-14-51-47(49)50)56-43(76)29(19-63)54-24(4)64)46(79)62-15-8-10-32(62)44(77)57-27(13-16-80-5)41(74)58-28(17-35(68)69)42(75)61-36/h22-23,25-32,36,63H,6-21H2,1-5H3,(H2,48,70)(H,52,71)(H,53,78)(H,54,64)(H,55,65)(H,56,76)(H,57,77)(H,58,74)(H,59,73)(H,60,72)(H,61,75)(H,66,67)(H,68,69)(H4,49,50,51)/t22-,23-,25-,26-,27-,28-,29-,30-,31-,32-,36-/m0/s1. The second-order valence-corrected chi connectivity index (χ2v) is 22.7. The van der Waals surface area contributed by atoms with E-state index in [0.717, 1.165) is 33.4 Å². The maximum absolute atomic E-state index is 14.8. The van der Waals surface area contributed by atoms with Crippen LogP contribution in [0.4, 0.5) is 0 Å². The van der Waals surface area contributed by atoms with Gasteiger partial charge in [-0.3, -0.25) is 78.8 Å². The summed E-state index contributed by atoms with van der Waals surface area (Å²) < 4.78 is 0. The number of hydrogen-bond donors (Lipinski definition) is 16. The maximum Gasteiger partial charge on any atom is 0.338 e. The first-order valence-electron chi connectivity index (χ1n) is 26.1. The van der Waals surface area contributed by atoms with Crippen LogP contribution in [0.25, 0.3) is 0 Å². The number of nitrogens with two attached hydrogens (primary N) is 3. The number of fused-ring (bicyclic) bond motifs is 1. The number of carboxylic acid groups (broad SMARTS) is 2. The predicted octanol–water partition coefficient (Wildman–Crippen LogP) is -9.69. The molecule has 32 nitrogen and oxygen atoms in total. The zero-order valence-electron chi connectivity index (χ0n) is 46.1. The molecule has 0 aromatic heterocycles. The number of nitrogens with one attached hydrogen (secondary N) is 11. The molecule has 0 spiro atoms. The van der Waals surface area contributed by atoms with E-state index in [0.29, 0.717) is 0 Å². The molecule has 2 rings (SSSR count). The number of rotatable bonds is 21. The minimum absolute atomic E-state index is 0.0264. The van der Waals surface area contributed by atoms with E-state index in [1.54, 1.807) is 20.1 Å². The zero-order valence-corrected chi connectivity index (χ0v) is 48.5. The Hall–Kier alpha value is -7.14. The van der Waals surface area contributed by atoms with Crippen LogP contribution in [-0.2, 0) is 67.1 Å². The second kappa shape index (κ2) is 36.3. The van der Waals surface area contributed by atoms with Crippen LogP contribution in [0.3, 0.4) is 0 Å². The van der Waals surface area contributed by atoms with E-state index in [1.807, 2.05) is 0 Å². The third kappa shape index (κ3) is 24.9. The Labute approximate surface area is 484 Å². The quantitative estimate of drug-likeness (QED) is 0.0220. The van der Waals surface area contributed by atoms with Crippen LogP contribution in [0, 0.1) is 5.92 Å². The molecule has 35 heteroatoms. The highest BCUT2D eigenvalue weighted by molar-refractivity contribution is 8.76. The van der Waals surface area contributed by atoms with Gasteiger partial charge in [0.25, 0.3) is 0 Å². The number of amides is 12. The number of carbonyl (C=O) groups excluding carboxylic acids is 13. The molecule has 11 atom stereocenters.